The average Bonchev–Trinajstić information content (AvgIpc) is 4.07. The van der Waals surface area contributed by atoms with Gasteiger partial charge in [-0.1, -0.05) is 237 Å². The molecule has 0 saturated carbocycles. The average molecular weight is 887 g/mol. The van der Waals surface area contributed by atoms with Crippen molar-refractivity contribution in [1.82, 2.24) is 0 Å². The van der Waals surface area contributed by atoms with E-state index >= 15 is 0 Å². The van der Waals surface area contributed by atoms with Crippen LogP contribution in [0.4, 0.5) is 0 Å². The molecule has 0 saturated heterocycles. The van der Waals surface area contributed by atoms with Gasteiger partial charge in [-0.2, -0.15) is 0 Å². The highest BCUT2D eigenvalue weighted by Crippen LogP contribution is 2.65. The van der Waals surface area contributed by atoms with Crippen molar-refractivity contribution in [3.8, 4) is 55.6 Å². The van der Waals surface area contributed by atoms with E-state index < -0.39 is 0 Å². The number of hydrogen-bond donors (Lipinski definition) is 0. The van der Waals surface area contributed by atoms with Crippen LogP contribution >= 0.6 is 0 Å². The molecule has 3 aliphatic rings. The Morgan fingerprint density at radius 1 is 0.214 bits per heavy atom. The summed E-state index contributed by atoms with van der Waals surface area (Å²) in [5.41, 5.74) is 30.5. The van der Waals surface area contributed by atoms with Gasteiger partial charge in [-0.3, -0.25) is 0 Å². The van der Waals surface area contributed by atoms with Crippen LogP contribution in [-0.4, -0.2) is 0 Å². The second-order valence-corrected chi connectivity index (χ2v) is 19.0. The molecule has 326 valence electrons. The molecule has 11 aromatic rings. The molecule has 0 heteroatoms. The zero-order valence-electron chi connectivity index (χ0n) is 39.1. The number of fused-ring (bicyclic) bond motifs is 7. The highest BCUT2D eigenvalue weighted by atomic mass is 14.5. The third kappa shape index (κ3) is 5.90. The molecule has 14 rings (SSSR count). The molecule has 0 atom stereocenters. The predicted octanol–water partition coefficient (Wildman–Crippen LogP) is 18.6. The lowest BCUT2D eigenvalue weighted by Gasteiger charge is -2.25. The summed E-state index contributed by atoms with van der Waals surface area (Å²) in [7, 11) is 0. The van der Waals surface area contributed by atoms with E-state index in [-0.39, 0.29) is 0 Å². The van der Waals surface area contributed by atoms with Crippen molar-refractivity contribution in [2.45, 2.75) is 13.8 Å². The van der Waals surface area contributed by atoms with Crippen LogP contribution in [0.25, 0.3) is 105 Å². The van der Waals surface area contributed by atoms with Crippen LogP contribution in [-0.2, 0) is 0 Å². The smallest absolute Gasteiger partial charge is 0.0000944 e. The van der Waals surface area contributed by atoms with Crippen molar-refractivity contribution in [2.75, 3.05) is 0 Å². The lowest BCUT2D eigenvalue weighted by Crippen LogP contribution is -2.04. The summed E-state index contributed by atoms with van der Waals surface area (Å²) in [5, 5.41) is 5.09. The van der Waals surface area contributed by atoms with Gasteiger partial charge in [-0.15, -0.1) is 0 Å². The molecule has 0 radical (unpaired) electrons. The Balaban J connectivity index is 1.21. The van der Waals surface area contributed by atoms with Gasteiger partial charge in [0.2, 0.25) is 0 Å². The Morgan fingerprint density at radius 2 is 0.657 bits per heavy atom. The van der Waals surface area contributed by atoms with Crippen LogP contribution in [0.2, 0.25) is 0 Å². The van der Waals surface area contributed by atoms with Gasteiger partial charge in [0.1, 0.15) is 0 Å². The normalized spacial score (nSPS) is 13.4. The zero-order valence-corrected chi connectivity index (χ0v) is 39.1. The zero-order chi connectivity index (χ0) is 46.5. The molecule has 0 aliphatic heterocycles. The topological polar surface area (TPSA) is 0 Å². The number of benzene rings is 11. The van der Waals surface area contributed by atoms with Crippen molar-refractivity contribution in [1.29, 1.82) is 0 Å². The van der Waals surface area contributed by atoms with E-state index in [0.29, 0.717) is 0 Å². The van der Waals surface area contributed by atoms with Gasteiger partial charge < -0.3 is 0 Å². The number of rotatable bonds is 7. The highest BCUT2D eigenvalue weighted by molar-refractivity contribution is 6.41. The largest absolute Gasteiger partial charge is 0.0622 e. The van der Waals surface area contributed by atoms with Gasteiger partial charge in [0.05, 0.1) is 0 Å². The summed E-state index contributed by atoms with van der Waals surface area (Å²) in [6, 6.07) is 90.3. The number of hydrogen-bond acceptors (Lipinski definition) is 0. The fourth-order valence-corrected chi connectivity index (χ4v) is 12.5. The second kappa shape index (κ2) is 15.9. The van der Waals surface area contributed by atoms with Crippen LogP contribution in [0.15, 0.2) is 248 Å². The maximum absolute atomic E-state index is 2.45. The summed E-state index contributed by atoms with van der Waals surface area (Å²) in [6.07, 6.45) is 0. The molecule has 0 unspecified atom stereocenters. The molecule has 0 spiro atoms. The molecule has 3 aliphatic carbocycles. The Hall–Kier alpha value is -8.84. The maximum Gasteiger partial charge on any atom is -0.0000944 e. The SMILES string of the molecule is Cc1c2c(c(C)c(-c3ccccc3)c1-c1ccccc1)C(c1ccc3c4c(cccc14)-c1ccccc1-3)=C1C(c3ccccc3)=C(c3ccccc3)C(c3ccccc3-c3ccc4ccccc4c3)=C12. The first kappa shape index (κ1) is 40.2. The van der Waals surface area contributed by atoms with Crippen molar-refractivity contribution in [3.63, 3.8) is 0 Å². The molecule has 0 bridgehead atoms. The summed E-state index contributed by atoms with van der Waals surface area (Å²) < 4.78 is 0. The van der Waals surface area contributed by atoms with E-state index in [1.807, 2.05) is 0 Å². The van der Waals surface area contributed by atoms with Gasteiger partial charge in [0.25, 0.3) is 0 Å². The van der Waals surface area contributed by atoms with Crippen molar-refractivity contribution in [3.05, 3.63) is 293 Å². The summed E-state index contributed by atoms with van der Waals surface area (Å²) >= 11 is 0. The molecule has 0 nitrogen and oxygen atoms in total. The maximum atomic E-state index is 2.45. The van der Waals surface area contributed by atoms with E-state index in [4.69, 9.17) is 0 Å². The summed E-state index contributed by atoms with van der Waals surface area (Å²) in [4.78, 5) is 0. The van der Waals surface area contributed by atoms with E-state index in [0.717, 1.165) is 0 Å². The van der Waals surface area contributed by atoms with E-state index in [1.165, 1.54) is 155 Å². The Labute approximate surface area is 409 Å². The standard InChI is InChI=1S/C70H46/c1-43-60(46-23-7-3-8-24-46)61(47-25-9-4-10-26-47)44(2)63-62(43)67(59-41-40-58-54-34-19-18-33-53(54)56-36-21-37-57(59)66(56)58)70-65(49-29-13-6-14-30-49)64(48-27-11-5-12-28-48)68(69(63)70)55-35-20-17-32-52(55)51-39-38-45-22-15-16-31-50(45)42-51/h3-42H,1-2H3. The lowest BCUT2D eigenvalue weighted by molar-refractivity contribution is 1.34. The third-order valence-corrected chi connectivity index (χ3v) is 15.3. The van der Waals surface area contributed by atoms with Crippen LogP contribution < -0.4 is 0 Å². The summed E-state index contributed by atoms with van der Waals surface area (Å²) in [5.74, 6) is 0. The van der Waals surface area contributed by atoms with Crippen LogP contribution in [0, 0.1) is 13.8 Å². The van der Waals surface area contributed by atoms with E-state index in [9.17, 15) is 0 Å². The Bertz CT molecular complexity index is 4040. The van der Waals surface area contributed by atoms with Crippen LogP contribution in [0.3, 0.4) is 0 Å². The first-order valence-electron chi connectivity index (χ1n) is 24.5. The molecule has 70 heavy (non-hydrogen) atoms. The van der Waals surface area contributed by atoms with Gasteiger partial charge >= 0.3 is 0 Å². The highest BCUT2D eigenvalue weighted by Gasteiger charge is 2.44. The molecule has 0 aromatic heterocycles. The van der Waals surface area contributed by atoms with Gasteiger partial charge in [-0.05, 0) is 175 Å². The fourth-order valence-electron chi connectivity index (χ4n) is 12.5. The van der Waals surface area contributed by atoms with Crippen molar-refractivity contribution in [2.24, 2.45) is 0 Å². The molecule has 11 aromatic carbocycles. The minimum Gasteiger partial charge on any atom is -0.0622 e. The minimum absolute atomic E-state index is 1.20. The molecular weight excluding hydrogens is 841 g/mol. The Morgan fingerprint density at radius 3 is 1.26 bits per heavy atom. The monoisotopic (exact) mass is 886 g/mol. The molecule has 0 amide bonds. The lowest BCUT2D eigenvalue weighted by atomic mass is 9.78. The first-order valence-corrected chi connectivity index (χ1v) is 24.5. The number of allylic oxidation sites excluding steroid dienone is 5. The van der Waals surface area contributed by atoms with Gasteiger partial charge in [-0.25, -0.2) is 0 Å². The molecular formula is C70H46. The van der Waals surface area contributed by atoms with Gasteiger partial charge in [0.15, 0.2) is 0 Å². The van der Waals surface area contributed by atoms with Crippen molar-refractivity contribution >= 4 is 49.4 Å². The molecule has 0 fully saturated rings. The van der Waals surface area contributed by atoms with Crippen LogP contribution in [0.1, 0.15) is 44.5 Å². The Kier molecular flexibility index (Phi) is 9.13. The fraction of sp³-hybridized carbons (Fsp3) is 0.0286. The molecule has 0 heterocycles. The van der Waals surface area contributed by atoms with Gasteiger partial charge in [0, 0.05) is 0 Å². The van der Waals surface area contributed by atoms with Crippen molar-refractivity contribution < 1.29 is 0 Å². The minimum atomic E-state index is 1.20. The van der Waals surface area contributed by atoms with E-state index in [2.05, 4.69) is 257 Å². The second-order valence-electron chi connectivity index (χ2n) is 19.0. The quantitative estimate of drug-likeness (QED) is 0.150. The molecule has 0 N–H and O–H groups in total. The first-order chi connectivity index (χ1) is 34.6. The summed E-state index contributed by atoms with van der Waals surface area (Å²) in [6.45, 7) is 4.80. The van der Waals surface area contributed by atoms with E-state index in [1.54, 1.807) is 0 Å². The predicted molar refractivity (Wildman–Crippen MR) is 297 cm³/mol. The van der Waals surface area contributed by atoms with Crippen LogP contribution in [0.5, 0.6) is 0 Å². The third-order valence-electron chi connectivity index (χ3n) is 15.3.